The molecule has 104 valence electrons. The zero-order valence-electron chi connectivity index (χ0n) is 11.9. The van der Waals surface area contributed by atoms with Gasteiger partial charge in [-0.25, -0.2) is 9.67 Å². The predicted molar refractivity (Wildman–Crippen MR) is 77.8 cm³/mol. The zero-order chi connectivity index (χ0) is 13.6. The lowest BCUT2D eigenvalue weighted by molar-refractivity contribution is 0.589. The van der Waals surface area contributed by atoms with E-state index >= 15 is 0 Å². The van der Waals surface area contributed by atoms with Crippen LogP contribution < -0.4 is 0 Å². The molecule has 1 saturated carbocycles. The van der Waals surface area contributed by atoms with E-state index in [2.05, 4.69) is 28.2 Å². The van der Waals surface area contributed by atoms with Gasteiger partial charge in [0.2, 0.25) is 0 Å². The van der Waals surface area contributed by atoms with Crippen LogP contribution in [-0.4, -0.2) is 25.2 Å². The molecule has 2 aromatic heterocycles. The molecule has 1 aliphatic carbocycles. The molecule has 0 saturated heterocycles. The quantitative estimate of drug-likeness (QED) is 0.788. The highest BCUT2D eigenvalue weighted by molar-refractivity contribution is 6.17. The van der Waals surface area contributed by atoms with Crippen LogP contribution in [0.15, 0.2) is 0 Å². The number of fused-ring (bicyclic) bond motifs is 1. The Morgan fingerprint density at radius 2 is 2.16 bits per heavy atom. The molecule has 0 N–H and O–H groups in total. The largest absolute Gasteiger partial charge is 0.309 e. The molecule has 0 bridgehead atoms. The van der Waals surface area contributed by atoms with Crippen LogP contribution in [0.5, 0.6) is 0 Å². The summed E-state index contributed by atoms with van der Waals surface area (Å²) in [5.74, 6) is 2.56. The van der Waals surface area contributed by atoms with E-state index in [9.17, 15) is 0 Å². The summed E-state index contributed by atoms with van der Waals surface area (Å²) in [5, 5.41) is 4.59. The first-order chi connectivity index (χ1) is 9.21. The highest BCUT2D eigenvalue weighted by Crippen LogP contribution is 2.47. The SMILES string of the molecule is CCC1CC1n1c(CCCl)nc2c(C)nn(CC)c21. The summed E-state index contributed by atoms with van der Waals surface area (Å²) >= 11 is 5.94. The number of hydrogen-bond acceptors (Lipinski definition) is 2. The Morgan fingerprint density at radius 3 is 2.74 bits per heavy atom. The molecule has 4 nitrogen and oxygen atoms in total. The van der Waals surface area contributed by atoms with E-state index in [0.717, 1.165) is 35.9 Å². The van der Waals surface area contributed by atoms with Crippen LogP contribution in [0, 0.1) is 12.8 Å². The van der Waals surface area contributed by atoms with Gasteiger partial charge in [-0.1, -0.05) is 13.3 Å². The van der Waals surface area contributed by atoms with Gasteiger partial charge in [-0.05, 0) is 26.2 Å². The minimum Gasteiger partial charge on any atom is -0.309 e. The molecular weight excluding hydrogens is 260 g/mol. The summed E-state index contributed by atoms with van der Waals surface area (Å²) in [4.78, 5) is 4.80. The molecule has 1 aliphatic rings. The monoisotopic (exact) mass is 280 g/mol. The van der Waals surface area contributed by atoms with Crippen molar-refractivity contribution >= 4 is 22.8 Å². The first kappa shape index (κ1) is 13.0. The molecule has 3 rings (SSSR count). The molecule has 19 heavy (non-hydrogen) atoms. The van der Waals surface area contributed by atoms with Crippen molar-refractivity contribution in [2.24, 2.45) is 5.92 Å². The lowest BCUT2D eigenvalue weighted by Crippen LogP contribution is -2.09. The van der Waals surface area contributed by atoms with Gasteiger partial charge in [-0.3, -0.25) is 0 Å². The number of aryl methyl sites for hydroxylation is 3. The van der Waals surface area contributed by atoms with Crippen LogP contribution in [0.3, 0.4) is 0 Å². The first-order valence-corrected chi connectivity index (χ1v) is 7.74. The van der Waals surface area contributed by atoms with Gasteiger partial charge in [0.1, 0.15) is 11.3 Å². The Kier molecular flexibility index (Phi) is 3.29. The molecule has 1 fully saturated rings. The van der Waals surface area contributed by atoms with Crippen molar-refractivity contribution < 1.29 is 0 Å². The summed E-state index contributed by atoms with van der Waals surface area (Å²) in [6, 6.07) is 0.606. The number of hydrogen-bond donors (Lipinski definition) is 0. The number of halogens is 1. The number of imidazole rings is 1. The van der Waals surface area contributed by atoms with Gasteiger partial charge >= 0.3 is 0 Å². The Bertz CT molecular complexity index is 598. The number of rotatable bonds is 5. The fourth-order valence-electron chi connectivity index (χ4n) is 3.05. The molecule has 5 heteroatoms. The topological polar surface area (TPSA) is 35.6 Å². The number of alkyl halides is 1. The Labute approximate surface area is 118 Å². The summed E-state index contributed by atoms with van der Waals surface area (Å²) in [5.41, 5.74) is 3.28. The normalized spacial score (nSPS) is 22.3. The highest BCUT2D eigenvalue weighted by atomic mass is 35.5. The molecule has 2 aromatic rings. The second-order valence-corrected chi connectivity index (χ2v) is 5.76. The van der Waals surface area contributed by atoms with Crippen molar-refractivity contribution in [3.8, 4) is 0 Å². The molecule has 0 spiro atoms. The minimum absolute atomic E-state index is 0.606. The van der Waals surface area contributed by atoms with E-state index in [1.807, 2.05) is 6.92 Å². The van der Waals surface area contributed by atoms with Crippen molar-refractivity contribution in [3.05, 3.63) is 11.5 Å². The Morgan fingerprint density at radius 1 is 1.37 bits per heavy atom. The van der Waals surface area contributed by atoms with E-state index < -0.39 is 0 Å². The molecular formula is C14H21ClN4. The van der Waals surface area contributed by atoms with E-state index in [1.165, 1.54) is 18.5 Å². The average Bonchev–Trinajstić information content (AvgIpc) is 3.00. The second-order valence-electron chi connectivity index (χ2n) is 5.38. The molecule has 0 aromatic carbocycles. The van der Waals surface area contributed by atoms with E-state index in [1.54, 1.807) is 0 Å². The van der Waals surface area contributed by atoms with Crippen molar-refractivity contribution in [3.63, 3.8) is 0 Å². The van der Waals surface area contributed by atoms with Gasteiger partial charge in [-0.15, -0.1) is 11.6 Å². The van der Waals surface area contributed by atoms with Gasteiger partial charge in [0.15, 0.2) is 5.65 Å². The minimum atomic E-state index is 0.606. The summed E-state index contributed by atoms with van der Waals surface area (Å²) < 4.78 is 4.50. The van der Waals surface area contributed by atoms with Gasteiger partial charge in [0.05, 0.1) is 5.69 Å². The van der Waals surface area contributed by atoms with Crippen LogP contribution in [0.25, 0.3) is 11.2 Å². The van der Waals surface area contributed by atoms with Gasteiger partial charge in [0.25, 0.3) is 0 Å². The van der Waals surface area contributed by atoms with Crippen molar-refractivity contribution in [1.82, 2.24) is 19.3 Å². The predicted octanol–water partition coefficient (Wildman–Crippen LogP) is 3.31. The molecule has 2 unspecified atom stereocenters. The maximum Gasteiger partial charge on any atom is 0.159 e. The number of aromatic nitrogens is 4. The lowest BCUT2D eigenvalue weighted by atomic mass is 10.3. The van der Waals surface area contributed by atoms with Crippen molar-refractivity contribution in [2.45, 2.75) is 52.6 Å². The standard InChI is InChI=1S/C14H21ClN4/c1-4-10-8-11(10)19-12(6-7-15)16-13-9(3)17-18(5-2)14(13)19/h10-11H,4-8H2,1-3H3. The van der Waals surface area contributed by atoms with E-state index in [0.29, 0.717) is 11.9 Å². The third-order valence-corrected chi connectivity index (χ3v) is 4.36. The molecule has 0 amide bonds. The average molecular weight is 281 g/mol. The van der Waals surface area contributed by atoms with Crippen LogP contribution in [0.4, 0.5) is 0 Å². The van der Waals surface area contributed by atoms with Crippen molar-refractivity contribution in [1.29, 1.82) is 0 Å². The van der Waals surface area contributed by atoms with E-state index in [-0.39, 0.29) is 0 Å². The van der Waals surface area contributed by atoms with Crippen molar-refractivity contribution in [2.75, 3.05) is 5.88 Å². The zero-order valence-corrected chi connectivity index (χ0v) is 12.6. The maximum absolute atomic E-state index is 5.94. The van der Waals surface area contributed by atoms with Crippen LogP contribution in [0.1, 0.15) is 44.2 Å². The molecule has 2 heterocycles. The van der Waals surface area contributed by atoms with Crippen LogP contribution in [0.2, 0.25) is 0 Å². The Balaban J connectivity index is 2.16. The second kappa shape index (κ2) is 4.82. The fourth-order valence-corrected chi connectivity index (χ4v) is 3.22. The third kappa shape index (κ3) is 1.97. The summed E-state index contributed by atoms with van der Waals surface area (Å²) in [6.07, 6.45) is 3.35. The van der Waals surface area contributed by atoms with Crippen LogP contribution >= 0.6 is 11.6 Å². The first-order valence-electron chi connectivity index (χ1n) is 7.21. The summed E-state index contributed by atoms with van der Waals surface area (Å²) in [6.45, 7) is 7.33. The Hall–Kier alpha value is -1.03. The molecule has 2 atom stereocenters. The van der Waals surface area contributed by atoms with Gasteiger partial charge < -0.3 is 4.57 Å². The van der Waals surface area contributed by atoms with Crippen LogP contribution in [-0.2, 0) is 13.0 Å². The lowest BCUT2D eigenvalue weighted by Gasteiger charge is -2.09. The summed E-state index contributed by atoms with van der Waals surface area (Å²) in [7, 11) is 0. The van der Waals surface area contributed by atoms with Gasteiger partial charge in [-0.2, -0.15) is 5.10 Å². The third-order valence-electron chi connectivity index (χ3n) is 4.18. The number of nitrogens with zero attached hydrogens (tertiary/aromatic N) is 4. The maximum atomic E-state index is 5.94. The van der Waals surface area contributed by atoms with E-state index in [4.69, 9.17) is 16.6 Å². The van der Waals surface area contributed by atoms with Gasteiger partial charge in [0, 0.05) is 24.9 Å². The fraction of sp³-hybridized carbons (Fsp3) is 0.714. The highest BCUT2D eigenvalue weighted by Gasteiger charge is 2.40. The molecule has 0 radical (unpaired) electrons. The smallest absolute Gasteiger partial charge is 0.159 e. The molecule has 0 aliphatic heterocycles.